The number of aromatic amines is 1. The summed E-state index contributed by atoms with van der Waals surface area (Å²) in [6.07, 6.45) is 4.02. The summed E-state index contributed by atoms with van der Waals surface area (Å²) in [7, 11) is -3.45. The Labute approximate surface area is 127 Å². The second-order valence-electron chi connectivity index (χ2n) is 7.51. The molecule has 0 aromatic carbocycles. The van der Waals surface area contributed by atoms with E-state index in [0.29, 0.717) is 17.5 Å². The summed E-state index contributed by atoms with van der Waals surface area (Å²) in [6.45, 7) is 9.09. The molecule has 0 saturated heterocycles. The molecule has 2 fully saturated rings. The van der Waals surface area contributed by atoms with Crippen molar-refractivity contribution in [3.63, 3.8) is 0 Å². The van der Waals surface area contributed by atoms with Gasteiger partial charge >= 0.3 is 0 Å². The Morgan fingerprint density at radius 3 is 2.38 bits per heavy atom. The normalized spacial score (nSPS) is 24.2. The third-order valence-corrected chi connectivity index (χ3v) is 6.88. The second-order valence-corrected chi connectivity index (χ2v) is 9.23. The summed E-state index contributed by atoms with van der Waals surface area (Å²) in [5.41, 5.74) is 0.899. The van der Waals surface area contributed by atoms with Crippen molar-refractivity contribution in [3.8, 4) is 0 Å². The van der Waals surface area contributed by atoms with Crippen LogP contribution in [0.3, 0.4) is 0 Å². The molecule has 21 heavy (non-hydrogen) atoms. The number of H-pyrrole nitrogens is 1. The summed E-state index contributed by atoms with van der Waals surface area (Å²) in [5.74, 6) is 0. The topological polar surface area (TPSA) is 74.0 Å². The zero-order chi connectivity index (χ0) is 15.5. The number of hydrogen-bond acceptors (Lipinski definition) is 3. The lowest BCUT2D eigenvalue weighted by molar-refractivity contribution is 0.457. The third kappa shape index (κ3) is 2.64. The van der Waals surface area contributed by atoms with Crippen LogP contribution < -0.4 is 10.0 Å². The maximum atomic E-state index is 12.5. The minimum absolute atomic E-state index is 0.00721. The van der Waals surface area contributed by atoms with E-state index in [0.717, 1.165) is 5.69 Å². The maximum absolute atomic E-state index is 12.5. The average Bonchev–Trinajstić information content (AvgIpc) is 3.18. The highest BCUT2D eigenvalue weighted by atomic mass is 32.2. The summed E-state index contributed by atoms with van der Waals surface area (Å²) in [6, 6.07) is 2.32. The third-order valence-electron chi connectivity index (χ3n) is 5.48. The van der Waals surface area contributed by atoms with Gasteiger partial charge in [0.1, 0.15) is 0 Å². The molecule has 0 unspecified atom stereocenters. The molecule has 2 aliphatic rings. The van der Waals surface area contributed by atoms with Crippen LogP contribution in [-0.4, -0.2) is 25.5 Å². The van der Waals surface area contributed by atoms with Crippen LogP contribution in [0.2, 0.25) is 0 Å². The number of aromatic nitrogens is 1. The van der Waals surface area contributed by atoms with Gasteiger partial charge in [-0.2, -0.15) is 0 Å². The van der Waals surface area contributed by atoms with Gasteiger partial charge in [-0.3, -0.25) is 0 Å². The first-order valence-electron chi connectivity index (χ1n) is 7.57. The van der Waals surface area contributed by atoms with Gasteiger partial charge in [-0.05, 0) is 29.7 Å². The van der Waals surface area contributed by atoms with Crippen molar-refractivity contribution in [2.75, 3.05) is 0 Å². The van der Waals surface area contributed by atoms with Gasteiger partial charge in [-0.1, -0.05) is 27.7 Å². The first-order chi connectivity index (χ1) is 9.64. The lowest BCUT2D eigenvalue weighted by atomic mass is 10.0. The monoisotopic (exact) mass is 311 g/mol. The second kappa shape index (κ2) is 4.57. The molecule has 2 saturated carbocycles. The SMILES string of the molecule is CC1(C)C(NS(=O)(=O)c2c[nH]c(CNC3CC3)c2)C1(C)C. The molecule has 118 valence electrons. The summed E-state index contributed by atoms with van der Waals surface area (Å²) < 4.78 is 27.8. The van der Waals surface area contributed by atoms with Gasteiger partial charge in [0.25, 0.3) is 0 Å². The standard InChI is InChI=1S/C15H25N3O2S/c1-14(2)13(15(14,3)4)18-21(19,20)12-7-11(17-9-12)8-16-10-5-6-10/h7,9-10,13,16-18H,5-6,8H2,1-4H3. The van der Waals surface area contributed by atoms with Gasteiger partial charge in [0.2, 0.25) is 10.0 Å². The molecular formula is C15H25N3O2S. The van der Waals surface area contributed by atoms with Crippen LogP contribution in [0, 0.1) is 10.8 Å². The van der Waals surface area contributed by atoms with E-state index >= 15 is 0 Å². The molecule has 0 aliphatic heterocycles. The fourth-order valence-electron chi connectivity index (χ4n) is 2.93. The maximum Gasteiger partial charge on any atom is 0.242 e. The van der Waals surface area contributed by atoms with Crippen molar-refractivity contribution in [3.05, 3.63) is 18.0 Å². The lowest BCUT2D eigenvalue weighted by Crippen LogP contribution is -2.29. The Kier molecular flexibility index (Phi) is 3.28. The molecule has 0 atom stereocenters. The van der Waals surface area contributed by atoms with Crippen LogP contribution in [0.1, 0.15) is 46.2 Å². The Morgan fingerprint density at radius 2 is 1.86 bits per heavy atom. The van der Waals surface area contributed by atoms with Crippen molar-refractivity contribution in [2.45, 2.75) is 64.1 Å². The van der Waals surface area contributed by atoms with Crippen LogP contribution in [0.4, 0.5) is 0 Å². The molecule has 6 heteroatoms. The molecule has 1 heterocycles. The van der Waals surface area contributed by atoms with Gasteiger partial charge in [0.05, 0.1) is 4.90 Å². The van der Waals surface area contributed by atoms with Crippen LogP contribution >= 0.6 is 0 Å². The highest BCUT2D eigenvalue weighted by Crippen LogP contribution is 2.62. The van der Waals surface area contributed by atoms with E-state index in [2.05, 4.69) is 42.7 Å². The van der Waals surface area contributed by atoms with Crippen LogP contribution in [0.5, 0.6) is 0 Å². The van der Waals surface area contributed by atoms with Gasteiger partial charge in [-0.15, -0.1) is 0 Å². The Bertz CT molecular complexity index is 628. The number of hydrogen-bond donors (Lipinski definition) is 3. The van der Waals surface area contributed by atoms with Crippen molar-refractivity contribution in [2.24, 2.45) is 10.8 Å². The molecule has 5 nitrogen and oxygen atoms in total. The molecule has 1 aromatic heterocycles. The largest absolute Gasteiger partial charge is 0.363 e. The van der Waals surface area contributed by atoms with Gasteiger partial charge in [-0.25, -0.2) is 13.1 Å². The van der Waals surface area contributed by atoms with E-state index in [1.807, 2.05) is 0 Å². The van der Waals surface area contributed by atoms with E-state index in [-0.39, 0.29) is 16.9 Å². The van der Waals surface area contributed by atoms with Crippen molar-refractivity contribution < 1.29 is 8.42 Å². The zero-order valence-electron chi connectivity index (χ0n) is 13.2. The minimum atomic E-state index is -3.45. The first-order valence-corrected chi connectivity index (χ1v) is 9.06. The summed E-state index contributed by atoms with van der Waals surface area (Å²) in [5, 5.41) is 3.37. The molecule has 1 aromatic rings. The van der Waals surface area contributed by atoms with E-state index in [4.69, 9.17) is 0 Å². The van der Waals surface area contributed by atoms with Crippen molar-refractivity contribution >= 4 is 10.0 Å². The fourth-order valence-corrected chi connectivity index (χ4v) is 4.48. The molecule has 0 amide bonds. The molecule has 0 radical (unpaired) electrons. The Balaban J connectivity index is 1.67. The van der Waals surface area contributed by atoms with Crippen LogP contribution in [-0.2, 0) is 16.6 Å². The average molecular weight is 311 g/mol. The Morgan fingerprint density at radius 1 is 1.24 bits per heavy atom. The van der Waals surface area contributed by atoms with Crippen molar-refractivity contribution in [1.82, 2.24) is 15.0 Å². The van der Waals surface area contributed by atoms with Gasteiger partial charge in [0, 0.05) is 30.5 Å². The Hall–Kier alpha value is -0.850. The molecular weight excluding hydrogens is 286 g/mol. The predicted molar refractivity (Wildman–Crippen MR) is 82.3 cm³/mol. The first kappa shape index (κ1) is 15.1. The lowest BCUT2D eigenvalue weighted by Gasteiger charge is -2.06. The van der Waals surface area contributed by atoms with Crippen LogP contribution in [0.15, 0.2) is 17.2 Å². The molecule has 0 bridgehead atoms. The van der Waals surface area contributed by atoms with Gasteiger partial charge < -0.3 is 10.3 Å². The number of nitrogens with one attached hydrogen (secondary N) is 3. The van der Waals surface area contributed by atoms with E-state index in [1.54, 1.807) is 12.3 Å². The predicted octanol–water partition coefficient (Wildman–Crippen LogP) is 1.98. The van der Waals surface area contributed by atoms with Crippen molar-refractivity contribution in [1.29, 1.82) is 0 Å². The number of sulfonamides is 1. The zero-order valence-corrected chi connectivity index (χ0v) is 14.0. The molecule has 2 aliphatic carbocycles. The van der Waals surface area contributed by atoms with Crippen LogP contribution in [0.25, 0.3) is 0 Å². The molecule has 3 rings (SSSR count). The molecule has 3 N–H and O–H groups in total. The van der Waals surface area contributed by atoms with E-state index < -0.39 is 10.0 Å². The summed E-state index contributed by atoms with van der Waals surface area (Å²) in [4.78, 5) is 3.38. The molecule has 0 spiro atoms. The van der Waals surface area contributed by atoms with Gasteiger partial charge in [0.15, 0.2) is 0 Å². The minimum Gasteiger partial charge on any atom is -0.363 e. The highest BCUT2D eigenvalue weighted by Gasteiger charge is 2.66. The fraction of sp³-hybridized carbons (Fsp3) is 0.733. The number of rotatable bonds is 6. The van der Waals surface area contributed by atoms with E-state index in [1.165, 1.54) is 12.8 Å². The smallest absolute Gasteiger partial charge is 0.242 e. The van der Waals surface area contributed by atoms with E-state index in [9.17, 15) is 8.42 Å². The summed E-state index contributed by atoms with van der Waals surface area (Å²) >= 11 is 0. The quantitative estimate of drug-likeness (QED) is 0.752. The highest BCUT2D eigenvalue weighted by molar-refractivity contribution is 7.89.